The number of rotatable bonds is 7. The van der Waals surface area contributed by atoms with Crippen molar-refractivity contribution in [1.29, 1.82) is 0 Å². The average Bonchev–Trinajstić information content (AvgIpc) is 2.76. The van der Waals surface area contributed by atoms with Crippen LogP contribution < -0.4 is 10.1 Å². The summed E-state index contributed by atoms with van der Waals surface area (Å²) in [6.45, 7) is 2.24. The van der Waals surface area contributed by atoms with Gasteiger partial charge in [-0.2, -0.15) is 0 Å². The van der Waals surface area contributed by atoms with Crippen molar-refractivity contribution in [2.24, 2.45) is 0 Å². The van der Waals surface area contributed by atoms with Crippen molar-refractivity contribution in [1.82, 2.24) is 10.2 Å². The molecule has 1 fully saturated rings. The summed E-state index contributed by atoms with van der Waals surface area (Å²) in [4.78, 5) is 14.4. The van der Waals surface area contributed by atoms with Gasteiger partial charge in [0.1, 0.15) is 11.6 Å². The first-order chi connectivity index (χ1) is 14.0. The molecular weight excluding hydrogens is 371 g/mol. The van der Waals surface area contributed by atoms with E-state index in [4.69, 9.17) is 9.47 Å². The highest BCUT2D eigenvalue weighted by Crippen LogP contribution is 2.34. The molecule has 156 valence electrons. The molecule has 2 aromatic carbocycles. The van der Waals surface area contributed by atoms with Gasteiger partial charge in [-0.05, 0) is 48.6 Å². The van der Waals surface area contributed by atoms with Crippen molar-refractivity contribution in [3.05, 3.63) is 65.5 Å². The molecule has 1 heterocycles. The maximum Gasteiger partial charge on any atom is 0.317 e. The Bertz CT molecular complexity index is 821. The second-order valence-electron chi connectivity index (χ2n) is 7.55. The number of methoxy groups -OCH3 is 1. The Morgan fingerprint density at radius 1 is 1.21 bits per heavy atom. The second kappa shape index (κ2) is 9.74. The van der Waals surface area contributed by atoms with Gasteiger partial charge in [0.05, 0.1) is 7.11 Å². The quantitative estimate of drug-likeness (QED) is 0.770. The van der Waals surface area contributed by atoms with Crippen LogP contribution in [0.4, 0.5) is 9.18 Å². The zero-order chi connectivity index (χ0) is 20.7. The number of nitrogens with zero attached hydrogens (tertiary/aromatic N) is 1. The monoisotopic (exact) mass is 400 g/mol. The third-order valence-corrected chi connectivity index (χ3v) is 5.72. The minimum absolute atomic E-state index is 0.137. The molecule has 1 N–H and O–H groups in total. The van der Waals surface area contributed by atoms with E-state index in [-0.39, 0.29) is 17.3 Å². The molecule has 0 unspecified atom stereocenters. The number of carbonyl (C=O) groups is 1. The second-order valence-corrected chi connectivity index (χ2v) is 7.55. The molecule has 1 aliphatic rings. The van der Waals surface area contributed by atoms with Gasteiger partial charge in [0.25, 0.3) is 0 Å². The van der Waals surface area contributed by atoms with Gasteiger partial charge in [-0.15, -0.1) is 0 Å². The maximum absolute atomic E-state index is 13.8. The number of amides is 2. The van der Waals surface area contributed by atoms with Gasteiger partial charge in [0, 0.05) is 38.8 Å². The summed E-state index contributed by atoms with van der Waals surface area (Å²) < 4.78 is 24.7. The standard InChI is InChI=1S/C23H29FN2O3/c1-26(13-10-18-6-3-4-9-21(18)28-2)22(27)25-17-23(11-14-29-15-12-23)19-7-5-8-20(24)16-19/h3-9,16H,10-15,17H2,1-2H3,(H,25,27). The zero-order valence-corrected chi connectivity index (χ0v) is 17.1. The molecule has 6 heteroatoms. The zero-order valence-electron chi connectivity index (χ0n) is 17.1. The van der Waals surface area contributed by atoms with Crippen LogP contribution in [-0.4, -0.2) is 51.4 Å². The summed E-state index contributed by atoms with van der Waals surface area (Å²) in [5, 5.41) is 3.05. The molecule has 0 atom stereocenters. The lowest BCUT2D eigenvalue weighted by atomic mass is 9.74. The lowest BCUT2D eigenvalue weighted by molar-refractivity contribution is 0.0501. The van der Waals surface area contributed by atoms with Crippen LogP contribution >= 0.6 is 0 Å². The number of likely N-dealkylation sites (N-methyl/N-ethyl adjacent to an activating group) is 1. The number of hydrogen-bond donors (Lipinski definition) is 1. The molecule has 0 saturated carbocycles. The first-order valence-electron chi connectivity index (χ1n) is 9.99. The van der Waals surface area contributed by atoms with Crippen LogP contribution in [-0.2, 0) is 16.6 Å². The van der Waals surface area contributed by atoms with Crippen LogP contribution in [0.2, 0.25) is 0 Å². The van der Waals surface area contributed by atoms with Crippen LogP contribution in [0.3, 0.4) is 0 Å². The summed E-state index contributed by atoms with van der Waals surface area (Å²) in [6.07, 6.45) is 2.21. The summed E-state index contributed by atoms with van der Waals surface area (Å²) in [5.74, 6) is 0.571. The van der Waals surface area contributed by atoms with Gasteiger partial charge in [0.15, 0.2) is 0 Å². The SMILES string of the molecule is COc1ccccc1CCN(C)C(=O)NCC1(c2cccc(F)c2)CCOCC1. The molecule has 0 bridgehead atoms. The molecule has 1 saturated heterocycles. The van der Waals surface area contributed by atoms with Crippen molar-refractivity contribution in [3.63, 3.8) is 0 Å². The third kappa shape index (κ3) is 5.26. The van der Waals surface area contributed by atoms with Gasteiger partial charge in [0.2, 0.25) is 0 Å². The number of carbonyl (C=O) groups excluding carboxylic acids is 1. The molecule has 29 heavy (non-hydrogen) atoms. The number of urea groups is 1. The highest BCUT2D eigenvalue weighted by molar-refractivity contribution is 5.74. The Hall–Kier alpha value is -2.60. The van der Waals surface area contributed by atoms with Crippen molar-refractivity contribution < 1.29 is 18.7 Å². The molecule has 3 rings (SSSR count). The van der Waals surface area contributed by atoms with E-state index in [0.717, 1.165) is 29.7 Å². The van der Waals surface area contributed by atoms with Crippen molar-refractivity contribution in [3.8, 4) is 5.75 Å². The fourth-order valence-corrected chi connectivity index (χ4v) is 3.83. The molecule has 5 nitrogen and oxygen atoms in total. The number of hydrogen-bond acceptors (Lipinski definition) is 3. The smallest absolute Gasteiger partial charge is 0.317 e. The van der Waals surface area contributed by atoms with Gasteiger partial charge in [-0.25, -0.2) is 9.18 Å². The normalized spacial score (nSPS) is 15.6. The van der Waals surface area contributed by atoms with Crippen molar-refractivity contribution in [2.45, 2.75) is 24.7 Å². The topological polar surface area (TPSA) is 50.8 Å². The van der Waals surface area contributed by atoms with Crippen LogP contribution in [0.5, 0.6) is 5.75 Å². The van der Waals surface area contributed by atoms with Crippen LogP contribution in [0.25, 0.3) is 0 Å². The number of ether oxygens (including phenoxy) is 2. The van der Waals surface area contributed by atoms with Gasteiger partial charge < -0.3 is 19.7 Å². The van der Waals surface area contributed by atoms with Crippen LogP contribution in [0, 0.1) is 5.82 Å². The lowest BCUT2D eigenvalue weighted by Crippen LogP contribution is -2.48. The minimum Gasteiger partial charge on any atom is -0.496 e. The molecule has 0 radical (unpaired) electrons. The van der Waals surface area contributed by atoms with Crippen LogP contribution in [0.15, 0.2) is 48.5 Å². The highest BCUT2D eigenvalue weighted by atomic mass is 19.1. The van der Waals surface area contributed by atoms with E-state index in [2.05, 4.69) is 5.32 Å². The Labute approximate surface area is 171 Å². The third-order valence-electron chi connectivity index (χ3n) is 5.72. The molecular formula is C23H29FN2O3. The summed E-state index contributed by atoms with van der Waals surface area (Å²) in [5.41, 5.74) is 1.67. The first kappa shape index (κ1) is 21.1. The van der Waals surface area contributed by atoms with E-state index in [1.54, 1.807) is 31.2 Å². The largest absolute Gasteiger partial charge is 0.496 e. The summed E-state index contributed by atoms with van der Waals surface area (Å²) in [6, 6.07) is 14.4. The van der Waals surface area contributed by atoms with Crippen molar-refractivity contribution in [2.75, 3.05) is 40.5 Å². The summed E-state index contributed by atoms with van der Waals surface area (Å²) >= 11 is 0. The molecule has 0 spiro atoms. The Balaban J connectivity index is 1.61. The average molecular weight is 400 g/mol. The van der Waals surface area contributed by atoms with E-state index < -0.39 is 0 Å². The maximum atomic E-state index is 13.8. The Morgan fingerprint density at radius 3 is 2.69 bits per heavy atom. The number of benzene rings is 2. The van der Waals surface area contributed by atoms with Gasteiger partial charge in [-0.1, -0.05) is 30.3 Å². The van der Waals surface area contributed by atoms with E-state index in [0.29, 0.717) is 32.7 Å². The highest BCUT2D eigenvalue weighted by Gasteiger charge is 2.35. The molecule has 1 aliphatic heterocycles. The van der Waals surface area contributed by atoms with E-state index in [9.17, 15) is 9.18 Å². The van der Waals surface area contributed by atoms with Gasteiger partial charge in [-0.3, -0.25) is 0 Å². The fourth-order valence-electron chi connectivity index (χ4n) is 3.83. The fraction of sp³-hybridized carbons (Fsp3) is 0.435. The van der Waals surface area contributed by atoms with E-state index in [1.165, 1.54) is 6.07 Å². The molecule has 0 aromatic heterocycles. The van der Waals surface area contributed by atoms with Gasteiger partial charge >= 0.3 is 6.03 Å². The van der Waals surface area contributed by atoms with E-state index >= 15 is 0 Å². The Morgan fingerprint density at radius 2 is 1.97 bits per heavy atom. The van der Waals surface area contributed by atoms with Crippen LogP contribution in [0.1, 0.15) is 24.0 Å². The molecule has 0 aliphatic carbocycles. The number of halogens is 1. The minimum atomic E-state index is -0.306. The molecule has 2 aromatic rings. The number of para-hydroxylation sites is 1. The Kier molecular flexibility index (Phi) is 7.09. The van der Waals surface area contributed by atoms with Crippen molar-refractivity contribution >= 4 is 6.03 Å². The lowest BCUT2D eigenvalue weighted by Gasteiger charge is -2.38. The van der Waals surface area contributed by atoms with E-state index in [1.807, 2.05) is 30.3 Å². The predicted octanol–water partition coefficient (Wildman–Crippen LogP) is 3.77. The summed E-state index contributed by atoms with van der Waals surface area (Å²) in [7, 11) is 3.43. The first-order valence-corrected chi connectivity index (χ1v) is 9.99. The predicted molar refractivity (Wildman–Crippen MR) is 111 cm³/mol. The number of nitrogens with one attached hydrogen (secondary N) is 1. The molecule has 2 amide bonds.